The summed E-state index contributed by atoms with van der Waals surface area (Å²) in [5.74, 6) is -0.0375. The van der Waals surface area contributed by atoms with Crippen molar-refractivity contribution >= 4 is 23.3 Å². The molecule has 3 amide bonds. The number of anilines is 2. The molecule has 0 unspecified atom stereocenters. The first-order chi connectivity index (χ1) is 13.5. The van der Waals surface area contributed by atoms with Crippen molar-refractivity contribution in [2.45, 2.75) is 20.4 Å². The molecule has 140 valence electrons. The summed E-state index contributed by atoms with van der Waals surface area (Å²) in [5, 5.41) is 2.87. The molecule has 0 fully saturated rings. The van der Waals surface area contributed by atoms with E-state index in [0.717, 1.165) is 44.8 Å². The molecule has 3 aromatic carbocycles. The normalized spacial score (nSPS) is 12.4. The zero-order chi connectivity index (χ0) is 19.8. The lowest BCUT2D eigenvalue weighted by atomic mass is 9.95. The number of fused-ring (bicyclic) bond motifs is 1. The van der Waals surface area contributed by atoms with Crippen molar-refractivity contribution in [2.75, 3.05) is 4.90 Å². The van der Waals surface area contributed by atoms with Crippen LogP contribution >= 0.6 is 0 Å². The Morgan fingerprint density at radius 3 is 2.46 bits per heavy atom. The van der Waals surface area contributed by atoms with Crippen molar-refractivity contribution < 1.29 is 9.59 Å². The maximum Gasteiger partial charge on any atom is 0.323 e. The summed E-state index contributed by atoms with van der Waals surface area (Å²) in [6.07, 6.45) is 0. The molecule has 0 aromatic heterocycles. The molecule has 5 nitrogen and oxygen atoms in total. The number of amides is 3. The Morgan fingerprint density at radius 1 is 1.00 bits per heavy atom. The lowest BCUT2D eigenvalue weighted by Crippen LogP contribution is -2.32. The van der Waals surface area contributed by atoms with E-state index in [4.69, 9.17) is 5.73 Å². The Hall–Kier alpha value is -3.60. The van der Waals surface area contributed by atoms with Gasteiger partial charge in [0.15, 0.2) is 0 Å². The van der Waals surface area contributed by atoms with Crippen LogP contribution in [0.25, 0.3) is 11.1 Å². The van der Waals surface area contributed by atoms with Crippen LogP contribution in [0.4, 0.5) is 16.2 Å². The van der Waals surface area contributed by atoms with Gasteiger partial charge in [-0.3, -0.25) is 9.69 Å². The van der Waals surface area contributed by atoms with Crippen molar-refractivity contribution in [3.63, 3.8) is 0 Å². The molecule has 0 atom stereocenters. The molecule has 4 rings (SSSR count). The predicted octanol–water partition coefficient (Wildman–Crippen LogP) is 4.43. The molecule has 1 aliphatic heterocycles. The third kappa shape index (κ3) is 3.01. The van der Waals surface area contributed by atoms with Crippen LogP contribution in [0.1, 0.15) is 27.0 Å². The summed E-state index contributed by atoms with van der Waals surface area (Å²) in [6.45, 7) is 4.46. The SMILES string of the molecule is Cc1cccc(N(C(N)=O)c2ccc(-c3cccc4c3CNC4=O)cc2C)c1. The molecule has 0 saturated carbocycles. The number of primary amides is 1. The number of carbonyl (C=O) groups is 2. The monoisotopic (exact) mass is 371 g/mol. The highest BCUT2D eigenvalue weighted by atomic mass is 16.2. The van der Waals surface area contributed by atoms with Crippen LogP contribution in [0.15, 0.2) is 60.7 Å². The van der Waals surface area contributed by atoms with Gasteiger partial charge in [-0.1, -0.05) is 30.3 Å². The molecule has 3 N–H and O–H groups in total. The van der Waals surface area contributed by atoms with Gasteiger partial charge in [-0.05, 0) is 72.0 Å². The van der Waals surface area contributed by atoms with Crippen LogP contribution < -0.4 is 16.0 Å². The maximum atomic E-state index is 12.2. The summed E-state index contributed by atoms with van der Waals surface area (Å²) in [7, 11) is 0. The lowest BCUT2D eigenvalue weighted by molar-refractivity contribution is 0.0965. The largest absolute Gasteiger partial charge is 0.351 e. The fraction of sp³-hybridized carbons (Fsp3) is 0.130. The van der Waals surface area contributed by atoms with Crippen molar-refractivity contribution in [3.05, 3.63) is 82.9 Å². The number of benzene rings is 3. The number of rotatable bonds is 3. The summed E-state index contributed by atoms with van der Waals surface area (Å²) in [5.41, 5.74) is 12.9. The highest BCUT2D eigenvalue weighted by molar-refractivity contribution is 6.01. The van der Waals surface area contributed by atoms with E-state index >= 15 is 0 Å². The standard InChI is InChI=1S/C23H21N3O2/c1-14-5-3-6-17(11-14)26(23(24)28)21-10-9-16(12-15(21)2)18-7-4-8-19-20(18)13-25-22(19)27/h3-12H,13H2,1-2H3,(H2,24,28)(H,25,27). The molecule has 0 radical (unpaired) electrons. The number of urea groups is 1. The number of nitrogens with two attached hydrogens (primary N) is 1. The summed E-state index contributed by atoms with van der Waals surface area (Å²) >= 11 is 0. The summed E-state index contributed by atoms with van der Waals surface area (Å²) in [4.78, 5) is 25.7. The van der Waals surface area contributed by atoms with Crippen LogP contribution in [0.3, 0.4) is 0 Å². The van der Waals surface area contributed by atoms with E-state index in [-0.39, 0.29) is 5.91 Å². The van der Waals surface area contributed by atoms with Crippen LogP contribution in [0.5, 0.6) is 0 Å². The molecule has 0 bridgehead atoms. The van der Waals surface area contributed by atoms with Gasteiger partial charge >= 0.3 is 6.03 Å². The molecule has 3 aromatic rings. The first kappa shape index (κ1) is 17.8. The molecule has 0 saturated heterocycles. The number of hydrogen-bond acceptors (Lipinski definition) is 2. The fourth-order valence-corrected chi connectivity index (χ4v) is 3.75. The number of hydrogen-bond donors (Lipinski definition) is 2. The third-order valence-corrected chi connectivity index (χ3v) is 5.08. The van der Waals surface area contributed by atoms with Gasteiger partial charge in [0.2, 0.25) is 0 Å². The van der Waals surface area contributed by atoms with E-state index in [1.807, 2.05) is 74.5 Å². The van der Waals surface area contributed by atoms with E-state index in [9.17, 15) is 9.59 Å². The van der Waals surface area contributed by atoms with Crippen LogP contribution in [-0.4, -0.2) is 11.9 Å². The van der Waals surface area contributed by atoms with Crippen LogP contribution in [-0.2, 0) is 6.54 Å². The topological polar surface area (TPSA) is 75.4 Å². The molecule has 0 aliphatic carbocycles. The highest BCUT2D eigenvalue weighted by Gasteiger charge is 2.23. The van der Waals surface area contributed by atoms with Gasteiger partial charge in [-0.25, -0.2) is 4.79 Å². The van der Waals surface area contributed by atoms with Gasteiger partial charge in [-0.15, -0.1) is 0 Å². The minimum Gasteiger partial charge on any atom is -0.351 e. The smallest absolute Gasteiger partial charge is 0.323 e. The van der Waals surface area contributed by atoms with Gasteiger partial charge in [0.1, 0.15) is 0 Å². The second-order valence-corrected chi connectivity index (χ2v) is 7.03. The fourth-order valence-electron chi connectivity index (χ4n) is 3.75. The predicted molar refractivity (Wildman–Crippen MR) is 111 cm³/mol. The first-order valence-electron chi connectivity index (χ1n) is 9.13. The van der Waals surface area contributed by atoms with Crippen molar-refractivity contribution in [3.8, 4) is 11.1 Å². The maximum absolute atomic E-state index is 12.2. The average molecular weight is 371 g/mol. The van der Waals surface area contributed by atoms with Gasteiger partial charge < -0.3 is 11.1 Å². The number of carbonyl (C=O) groups excluding carboxylic acids is 2. The minimum absolute atomic E-state index is 0.0375. The van der Waals surface area contributed by atoms with E-state index in [2.05, 4.69) is 5.32 Å². The Labute approximate surface area is 163 Å². The van der Waals surface area contributed by atoms with E-state index in [1.54, 1.807) is 0 Å². The molecule has 5 heteroatoms. The molecule has 28 heavy (non-hydrogen) atoms. The van der Waals surface area contributed by atoms with Crippen molar-refractivity contribution in [1.82, 2.24) is 5.32 Å². The Morgan fingerprint density at radius 2 is 1.75 bits per heavy atom. The zero-order valence-electron chi connectivity index (χ0n) is 15.8. The van der Waals surface area contributed by atoms with Crippen LogP contribution in [0.2, 0.25) is 0 Å². The highest BCUT2D eigenvalue weighted by Crippen LogP contribution is 2.34. The minimum atomic E-state index is -0.531. The first-order valence-corrected chi connectivity index (χ1v) is 9.13. The average Bonchev–Trinajstić information content (AvgIpc) is 3.04. The molecular weight excluding hydrogens is 350 g/mol. The third-order valence-electron chi connectivity index (χ3n) is 5.08. The van der Waals surface area contributed by atoms with Crippen molar-refractivity contribution in [1.29, 1.82) is 0 Å². The summed E-state index contributed by atoms with van der Waals surface area (Å²) in [6, 6.07) is 18.8. The molecular formula is C23H21N3O2. The van der Waals surface area contributed by atoms with E-state index < -0.39 is 6.03 Å². The second-order valence-electron chi connectivity index (χ2n) is 7.03. The van der Waals surface area contributed by atoms with Gasteiger partial charge in [0, 0.05) is 12.1 Å². The molecule has 1 heterocycles. The Balaban J connectivity index is 1.78. The number of nitrogens with one attached hydrogen (secondary N) is 1. The second kappa shape index (κ2) is 6.85. The molecule has 1 aliphatic rings. The zero-order valence-corrected chi connectivity index (χ0v) is 15.8. The van der Waals surface area contributed by atoms with Crippen LogP contribution in [0, 0.1) is 13.8 Å². The number of nitrogens with zero attached hydrogens (tertiary/aromatic N) is 1. The quantitative estimate of drug-likeness (QED) is 0.715. The van der Waals surface area contributed by atoms with Crippen molar-refractivity contribution in [2.24, 2.45) is 5.73 Å². The molecule has 0 spiro atoms. The van der Waals surface area contributed by atoms with Gasteiger partial charge in [0.25, 0.3) is 5.91 Å². The Bertz CT molecular complexity index is 1100. The Kier molecular flexibility index (Phi) is 4.35. The number of aryl methyl sites for hydroxylation is 2. The van der Waals surface area contributed by atoms with E-state index in [0.29, 0.717) is 6.54 Å². The van der Waals surface area contributed by atoms with Gasteiger partial charge in [-0.2, -0.15) is 0 Å². The van der Waals surface area contributed by atoms with E-state index in [1.165, 1.54) is 4.90 Å². The summed E-state index contributed by atoms with van der Waals surface area (Å²) < 4.78 is 0. The lowest BCUT2D eigenvalue weighted by Gasteiger charge is -2.23. The van der Waals surface area contributed by atoms with Gasteiger partial charge in [0.05, 0.1) is 11.4 Å².